The highest BCUT2D eigenvalue weighted by Gasteiger charge is 2.04. The molecule has 0 atom stereocenters. The van der Waals surface area contributed by atoms with E-state index in [-0.39, 0.29) is 12.6 Å². The number of carbonyl (C=O) groups is 1. The van der Waals surface area contributed by atoms with Gasteiger partial charge in [-0.15, -0.1) is 0 Å². The first-order chi connectivity index (χ1) is 8.63. The van der Waals surface area contributed by atoms with Crippen molar-refractivity contribution in [1.82, 2.24) is 10.5 Å². The van der Waals surface area contributed by atoms with E-state index in [1.165, 1.54) is 0 Å². The Morgan fingerprint density at radius 1 is 1.44 bits per heavy atom. The van der Waals surface area contributed by atoms with Gasteiger partial charge in [-0.05, 0) is 25.1 Å². The van der Waals surface area contributed by atoms with Gasteiger partial charge in [0.1, 0.15) is 0 Å². The van der Waals surface area contributed by atoms with E-state index in [0.29, 0.717) is 17.1 Å². The lowest BCUT2D eigenvalue weighted by molar-refractivity contribution is 0.250. The number of anilines is 2. The quantitative estimate of drug-likeness (QED) is 0.721. The molecule has 2 aromatic rings. The summed E-state index contributed by atoms with van der Waals surface area (Å²) >= 11 is 0. The van der Waals surface area contributed by atoms with Crippen LogP contribution in [0.2, 0.25) is 0 Å². The number of nitrogens with zero attached hydrogens (tertiary/aromatic N) is 1. The van der Waals surface area contributed by atoms with Crippen molar-refractivity contribution in [3.63, 3.8) is 0 Å². The Labute approximate surface area is 104 Å². The second-order valence-electron chi connectivity index (χ2n) is 3.87. The fraction of sp³-hybridized carbons (Fsp3) is 0.167. The highest BCUT2D eigenvalue weighted by Crippen LogP contribution is 2.11. The van der Waals surface area contributed by atoms with Crippen molar-refractivity contribution in [3.8, 4) is 0 Å². The zero-order chi connectivity index (χ0) is 13.0. The molecule has 4 N–H and O–H groups in total. The van der Waals surface area contributed by atoms with Gasteiger partial charge in [-0.3, -0.25) is 0 Å². The van der Waals surface area contributed by atoms with Crippen LogP contribution in [0.15, 0.2) is 34.9 Å². The molecule has 0 unspecified atom stereocenters. The normalized spacial score (nSPS) is 10.1. The zero-order valence-corrected chi connectivity index (χ0v) is 9.93. The molecule has 0 bridgehead atoms. The second kappa shape index (κ2) is 5.22. The Balaban J connectivity index is 1.85. The molecular formula is C12H14N4O2. The lowest BCUT2D eigenvalue weighted by Crippen LogP contribution is -2.28. The Bertz CT molecular complexity index is 551. The maximum Gasteiger partial charge on any atom is 0.319 e. The van der Waals surface area contributed by atoms with Gasteiger partial charge in [0, 0.05) is 17.4 Å². The molecule has 6 heteroatoms. The standard InChI is InChI=1S/C12H14N4O2/c1-8-5-11(18-16-8)7-14-12(17)15-10-4-2-3-9(13)6-10/h2-6H,7,13H2,1H3,(H2,14,15,17). The van der Waals surface area contributed by atoms with Gasteiger partial charge in [-0.25, -0.2) is 4.79 Å². The number of nitrogens with two attached hydrogens (primary N) is 1. The Hall–Kier alpha value is -2.50. The Morgan fingerprint density at radius 2 is 2.28 bits per heavy atom. The number of nitrogen functional groups attached to an aromatic ring is 1. The van der Waals surface area contributed by atoms with Crippen LogP contribution in [0.5, 0.6) is 0 Å². The summed E-state index contributed by atoms with van der Waals surface area (Å²) in [5.74, 6) is 0.607. The van der Waals surface area contributed by atoms with Crippen LogP contribution in [-0.4, -0.2) is 11.2 Å². The molecule has 0 spiro atoms. The van der Waals surface area contributed by atoms with Gasteiger partial charge >= 0.3 is 6.03 Å². The van der Waals surface area contributed by atoms with E-state index >= 15 is 0 Å². The minimum atomic E-state index is -0.324. The van der Waals surface area contributed by atoms with E-state index in [0.717, 1.165) is 5.69 Å². The van der Waals surface area contributed by atoms with E-state index in [1.54, 1.807) is 30.3 Å². The van der Waals surface area contributed by atoms with Gasteiger partial charge in [0.05, 0.1) is 12.2 Å². The third-order valence-corrected chi connectivity index (χ3v) is 2.24. The molecule has 2 amide bonds. The molecule has 0 radical (unpaired) electrons. The molecule has 1 aromatic carbocycles. The summed E-state index contributed by atoms with van der Waals surface area (Å²) in [5.41, 5.74) is 7.62. The summed E-state index contributed by atoms with van der Waals surface area (Å²) in [4.78, 5) is 11.6. The number of amides is 2. The second-order valence-corrected chi connectivity index (χ2v) is 3.87. The summed E-state index contributed by atoms with van der Waals surface area (Å²) in [5, 5.41) is 9.05. The maximum atomic E-state index is 11.6. The van der Waals surface area contributed by atoms with Crippen LogP contribution in [0.25, 0.3) is 0 Å². The van der Waals surface area contributed by atoms with E-state index in [9.17, 15) is 4.79 Å². The van der Waals surface area contributed by atoms with Gasteiger partial charge in [0.25, 0.3) is 0 Å². The van der Waals surface area contributed by atoms with Crippen molar-refractivity contribution in [3.05, 3.63) is 41.8 Å². The molecule has 0 saturated carbocycles. The highest BCUT2D eigenvalue weighted by atomic mass is 16.5. The van der Waals surface area contributed by atoms with Crippen molar-refractivity contribution in [2.75, 3.05) is 11.1 Å². The van der Waals surface area contributed by atoms with Crippen LogP contribution in [0.3, 0.4) is 0 Å². The molecule has 2 rings (SSSR count). The van der Waals surface area contributed by atoms with E-state index in [4.69, 9.17) is 10.3 Å². The van der Waals surface area contributed by atoms with Gasteiger partial charge in [-0.2, -0.15) is 0 Å². The third kappa shape index (κ3) is 3.24. The first-order valence-corrected chi connectivity index (χ1v) is 5.46. The van der Waals surface area contributed by atoms with Crippen molar-refractivity contribution in [2.24, 2.45) is 0 Å². The SMILES string of the molecule is Cc1cc(CNC(=O)Nc2cccc(N)c2)on1. The topological polar surface area (TPSA) is 93.2 Å². The third-order valence-electron chi connectivity index (χ3n) is 2.24. The Morgan fingerprint density at radius 3 is 2.94 bits per heavy atom. The van der Waals surface area contributed by atoms with Gasteiger partial charge in [-0.1, -0.05) is 11.2 Å². The summed E-state index contributed by atoms with van der Waals surface area (Å²) in [7, 11) is 0. The van der Waals surface area contributed by atoms with Crippen LogP contribution in [-0.2, 0) is 6.54 Å². The summed E-state index contributed by atoms with van der Waals surface area (Å²) < 4.78 is 4.97. The molecule has 0 saturated heterocycles. The number of carbonyl (C=O) groups excluding carboxylic acids is 1. The monoisotopic (exact) mass is 246 g/mol. The molecule has 0 aliphatic carbocycles. The highest BCUT2D eigenvalue weighted by molar-refractivity contribution is 5.89. The molecule has 94 valence electrons. The van der Waals surface area contributed by atoms with Crippen LogP contribution < -0.4 is 16.4 Å². The molecule has 18 heavy (non-hydrogen) atoms. The smallest absolute Gasteiger partial charge is 0.319 e. The number of hydrogen-bond donors (Lipinski definition) is 3. The summed E-state index contributed by atoms with van der Waals surface area (Å²) in [6.45, 7) is 2.11. The molecule has 0 aliphatic rings. The largest absolute Gasteiger partial charge is 0.399 e. The molecule has 0 fully saturated rings. The average molecular weight is 246 g/mol. The molecule has 0 aliphatic heterocycles. The lowest BCUT2D eigenvalue weighted by atomic mass is 10.3. The van der Waals surface area contributed by atoms with Crippen LogP contribution >= 0.6 is 0 Å². The van der Waals surface area contributed by atoms with Crippen molar-refractivity contribution >= 4 is 17.4 Å². The van der Waals surface area contributed by atoms with Crippen molar-refractivity contribution in [2.45, 2.75) is 13.5 Å². The minimum absolute atomic E-state index is 0.287. The number of hydrogen-bond acceptors (Lipinski definition) is 4. The Kier molecular flexibility index (Phi) is 3.47. The number of aryl methyl sites for hydroxylation is 1. The van der Waals surface area contributed by atoms with E-state index < -0.39 is 0 Å². The van der Waals surface area contributed by atoms with Gasteiger partial charge in [0.2, 0.25) is 0 Å². The number of nitrogens with one attached hydrogen (secondary N) is 2. The first-order valence-electron chi connectivity index (χ1n) is 5.46. The maximum absolute atomic E-state index is 11.6. The summed E-state index contributed by atoms with van der Waals surface area (Å²) in [6.07, 6.45) is 0. The van der Waals surface area contributed by atoms with Crippen LogP contribution in [0.1, 0.15) is 11.5 Å². The number of benzene rings is 1. The number of aromatic nitrogens is 1. The lowest BCUT2D eigenvalue weighted by Gasteiger charge is -2.06. The predicted octanol–water partition coefficient (Wildman–Crippen LogP) is 1.89. The fourth-order valence-electron chi connectivity index (χ4n) is 1.46. The molecule has 6 nitrogen and oxygen atoms in total. The first kappa shape index (κ1) is 12.0. The molecular weight excluding hydrogens is 232 g/mol. The van der Waals surface area contributed by atoms with E-state index in [1.807, 2.05) is 6.92 Å². The minimum Gasteiger partial charge on any atom is -0.399 e. The van der Waals surface area contributed by atoms with Crippen molar-refractivity contribution < 1.29 is 9.32 Å². The average Bonchev–Trinajstić information content (AvgIpc) is 2.73. The zero-order valence-electron chi connectivity index (χ0n) is 9.93. The van der Waals surface area contributed by atoms with Gasteiger partial charge < -0.3 is 20.9 Å². The van der Waals surface area contributed by atoms with Crippen LogP contribution in [0.4, 0.5) is 16.2 Å². The van der Waals surface area contributed by atoms with Crippen LogP contribution in [0, 0.1) is 6.92 Å². The van der Waals surface area contributed by atoms with Gasteiger partial charge in [0.15, 0.2) is 5.76 Å². The molecule has 1 heterocycles. The summed E-state index contributed by atoms with van der Waals surface area (Å²) in [6, 6.07) is 8.40. The number of urea groups is 1. The predicted molar refractivity (Wildman–Crippen MR) is 68.0 cm³/mol. The number of rotatable bonds is 3. The fourth-order valence-corrected chi connectivity index (χ4v) is 1.46. The molecule has 1 aromatic heterocycles. The van der Waals surface area contributed by atoms with Crippen molar-refractivity contribution in [1.29, 1.82) is 0 Å². The van der Waals surface area contributed by atoms with E-state index in [2.05, 4.69) is 15.8 Å².